The van der Waals surface area contributed by atoms with Crippen molar-refractivity contribution in [1.82, 2.24) is 5.32 Å². The molecule has 1 rings (SSSR count). The van der Waals surface area contributed by atoms with Gasteiger partial charge in [0.2, 0.25) is 0 Å². The molecule has 0 heterocycles. The van der Waals surface area contributed by atoms with Crippen LogP contribution in [0.15, 0.2) is 12.1 Å². The van der Waals surface area contributed by atoms with Crippen molar-refractivity contribution in [3.05, 3.63) is 23.3 Å². The number of carboxylic acids is 1. The minimum atomic E-state index is -1.14. The largest absolute Gasteiger partial charge is 0.493 e. The summed E-state index contributed by atoms with van der Waals surface area (Å²) in [5.41, 5.74) is -0.360. The molecular weight excluding hydrogens is 314 g/mol. The summed E-state index contributed by atoms with van der Waals surface area (Å²) in [5, 5.41) is 11.7. The average Bonchev–Trinajstić information content (AvgIpc) is 2.48. The van der Waals surface area contributed by atoms with Crippen LogP contribution in [0.25, 0.3) is 0 Å². The van der Waals surface area contributed by atoms with E-state index in [-0.39, 0.29) is 17.7 Å². The molecule has 2 N–H and O–H groups in total. The van der Waals surface area contributed by atoms with Gasteiger partial charge in [0.15, 0.2) is 11.5 Å². The highest BCUT2D eigenvalue weighted by atomic mass is 16.6. The molecule has 0 radical (unpaired) electrons. The van der Waals surface area contributed by atoms with Gasteiger partial charge in [-0.25, -0.2) is 9.59 Å². The standard InChI is InChI=1S/C17H21NO6/c1-17(2,3)24-16(21)18-8-6-7-11-9-13(22-4)14(23-5)10-12(11)15(19)20/h9-10H,8H2,1-5H3,(H,18,21)(H,19,20). The molecule has 24 heavy (non-hydrogen) atoms. The van der Waals surface area contributed by atoms with Crippen molar-refractivity contribution >= 4 is 12.1 Å². The Morgan fingerprint density at radius 2 is 1.75 bits per heavy atom. The van der Waals surface area contributed by atoms with Crippen LogP contribution in [0.5, 0.6) is 11.5 Å². The van der Waals surface area contributed by atoms with Gasteiger partial charge in [-0.2, -0.15) is 0 Å². The molecule has 1 aromatic carbocycles. The predicted molar refractivity (Wildman–Crippen MR) is 87.6 cm³/mol. The molecule has 7 nitrogen and oxygen atoms in total. The van der Waals surface area contributed by atoms with E-state index in [1.807, 2.05) is 0 Å². The Bertz CT molecular complexity index is 679. The fraction of sp³-hybridized carbons (Fsp3) is 0.412. The van der Waals surface area contributed by atoms with E-state index in [2.05, 4.69) is 17.2 Å². The van der Waals surface area contributed by atoms with E-state index in [1.54, 1.807) is 20.8 Å². The first-order valence-corrected chi connectivity index (χ1v) is 7.13. The molecule has 0 aliphatic heterocycles. The van der Waals surface area contributed by atoms with Gasteiger partial charge >= 0.3 is 12.1 Å². The molecular formula is C17H21NO6. The van der Waals surface area contributed by atoms with Gasteiger partial charge in [0, 0.05) is 11.6 Å². The lowest BCUT2D eigenvalue weighted by Gasteiger charge is -2.19. The minimum Gasteiger partial charge on any atom is -0.493 e. The van der Waals surface area contributed by atoms with Crippen LogP contribution in [-0.2, 0) is 4.74 Å². The minimum absolute atomic E-state index is 0.0162. The third-order valence-electron chi connectivity index (χ3n) is 2.70. The number of carboxylic acid groups (broad SMARTS) is 1. The van der Waals surface area contributed by atoms with Crippen LogP contribution in [0.2, 0.25) is 0 Å². The number of ether oxygens (including phenoxy) is 3. The first-order chi connectivity index (χ1) is 11.2. The van der Waals surface area contributed by atoms with Crippen LogP contribution in [0.1, 0.15) is 36.7 Å². The third-order valence-corrected chi connectivity index (χ3v) is 2.70. The zero-order valence-corrected chi connectivity index (χ0v) is 14.4. The zero-order chi connectivity index (χ0) is 18.3. The highest BCUT2D eigenvalue weighted by Gasteiger charge is 2.16. The van der Waals surface area contributed by atoms with Gasteiger partial charge in [0.1, 0.15) is 5.60 Å². The van der Waals surface area contributed by atoms with Gasteiger partial charge < -0.3 is 24.6 Å². The van der Waals surface area contributed by atoms with Crippen molar-refractivity contribution in [2.75, 3.05) is 20.8 Å². The van der Waals surface area contributed by atoms with E-state index in [0.29, 0.717) is 11.5 Å². The Morgan fingerprint density at radius 3 is 2.25 bits per heavy atom. The monoisotopic (exact) mass is 335 g/mol. The van der Waals surface area contributed by atoms with E-state index in [1.165, 1.54) is 26.4 Å². The van der Waals surface area contributed by atoms with Crippen molar-refractivity contribution < 1.29 is 28.9 Å². The van der Waals surface area contributed by atoms with Gasteiger partial charge in [-0.15, -0.1) is 0 Å². The summed E-state index contributed by atoms with van der Waals surface area (Å²) in [5.74, 6) is 4.91. The Balaban J connectivity index is 2.91. The molecule has 0 saturated heterocycles. The van der Waals surface area contributed by atoms with E-state index in [0.717, 1.165) is 0 Å². The van der Waals surface area contributed by atoms with Crippen molar-refractivity contribution in [3.63, 3.8) is 0 Å². The molecule has 7 heteroatoms. The summed E-state index contributed by atoms with van der Waals surface area (Å²) in [6.45, 7) is 5.27. The van der Waals surface area contributed by atoms with Crippen molar-refractivity contribution in [3.8, 4) is 23.3 Å². The van der Waals surface area contributed by atoms with Crippen molar-refractivity contribution in [2.24, 2.45) is 0 Å². The summed E-state index contributed by atoms with van der Waals surface area (Å²) in [6, 6.07) is 2.81. The predicted octanol–water partition coefficient (Wildman–Crippen LogP) is 2.28. The SMILES string of the molecule is COc1cc(C#CCNC(=O)OC(C)(C)C)c(C(=O)O)cc1OC. The van der Waals surface area contributed by atoms with Crippen LogP contribution in [0.3, 0.4) is 0 Å². The summed E-state index contributed by atoms with van der Waals surface area (Å²) < 4.78 is 15.3. The molecule has 1 amide bonds. The van der Waals surface area contributed by atoms with Crippen LogP contribution in [-0.4, -0.2) is 43.5 Å². The van der Waals surface area contributed by atoms with Gasteiger partial charge in [0.25, 0.3) is 0 Å². The first-order valence-electron chi connectivity index (χ1n) is 7.13. The molecule has 0 spiro atoms. The van der Waals surface area contributed by atoms with Gasteiger partial charge in [-0.05, 0) is 26.8 Å². The van der Waals surface area contributed by atoms with Crippen LogP contribution >= 0.6 is 0 Å². The average molecular weight is 335 g/mol. The number of alkyl carbamates (subject to hydrolysis) is 1. The summed E-state index contributed by atoms with van der Waals surface area (Å²) in [6.07, 6.45) is -0.595. The molecule has 0 saturated carbocycles. The van der Waals surface area contributed by atoms with Crippen LogP contribution in [0, 0.1) is 11.8 Å². The summed E-state index contributed by atoms with van der Waals surface area (Å²) >= 11 is 0. The normalized spacial score (nSPS) is 10.2. The maximum Gasteiger partial charge on any atom is 0.408 e. The fourth-order valence-electron chi connectivity index (χ4n) is 1.73. The molecule has 130 valence electrons. The van der Waals surface area contributed by atoms with Gasteiger partial charge in [-0.1, -0.05) is 11.8 Å². The number of hydrogen-bond acceptors (Lipinski definition) is 5. The third kappa shape index (κ3) is 5.72. The number of rotatable bonds is 4. The second-order valence-electron chi connectivity index (χ2n) is 5.72. The number of hydrogen-bond donors (Lipinski definition) is 2. The second kappa shape index (κ2) is 8.11. The molecule has 0 aromatic heterocycles. The smallest absolute Gasteiger partial charge is 0.408 e. The highest BCUT2D eigenvalue weighted by molar-refractivity contribution is 5.92. The molecule has 0 aliphatic rings. The van der Waals surface area contributed by atoms with E-state index in [9.17, 15) is 14.7 Å². The molecule has 0 bridgehead atoms. The first kappa shape index (κ1) is 19.2. The quantitative estimate of drug-likeness (QED) is 0.820. The van der Waals surface area contributed by atoms with Gasteiger partial charge in [0.05, 0.1) is 26.3 Å². The van der Waals surface area contributed by atoms with Crippen molar-refractivity contribution in [1.29, 1.82) is 0 Å². The lowest BCUT2D eigenvalue weighted by Crippen LogP contribution is -2.32. The Labute approximate surface area is 140 Å². The maximum atomic E-state index is 11.5. The number of methoxy groups -OCH3 is 2. The Kier molecular flexibility index (Phi) is 6.48. The molecule has 0 atom stereocenters. The number of nitrogens with one attached hydrogen (secondary N) is 1. The number of amides is 1. The lowest BCUT2D eigenvalue weighted by molar-refractivity contribution is 0.0534. The lowest BCUT2D eigenvalue weighted by atomic mass is 10.1. The maximum absolute atomic E-state index is 11.5. The van der Waals surface area contributed by atoms with E-state index < -0.39 is 17.7 Å². The van der Waals surface area contributed by atoms with Crippen LogP contribution < -0.4 is 14.8 Å². The highest BCUT2D eigenvalue weighted by Crippen LogP contribution is 2.30. The zero-order valence-electron chi connectivity index (χ0n) is 14.4. The molecule has 0 unspecified atom stereocenters. The van der Waals surface area contributed by atoms with Gasteiger partial charge in [-0.3, -0.25) is 0 Å². The summed E-state index contributed by atoms with van der Waals surface area (Å²) in [4.78, 5) is 22.8. The number of carbonyl (C=O) groups is 2. The second-order valence-corrected chi connectivity index (χ2v) is 5.72. The number of aromatic carboxylic acids is 1. The number of benzene rings is 1. The summed E-state index contributed by atoms with van der Waals surface area (Å²) in [7, 11) is 2.86. The molecule has 0 fully saturated rings. The Hall–Kier alpha value is -2.88. The van der Waals surface area contributed by atoms with Crippen LogP contribution in [0.4, 0.5) is 4.79 Å². The topological polar surface area (TPSA) is 94.1 Å². The van der Waals surface area contributed by atoms with Crippen molar-refractivity contribution in [2.45, 2.75) is 26.4 Å². The van der Waals surface area contributed by atoms with E-state index in [4.69, 9.17) is 14.2 Å². The molecule has 0 aliphatic carbocycles. The fourth-order valence-corrected chi connectivity index (χ4v) is 1.73. The Morgan fingerprint density at radius 1 is 1.17 bits per heavy atom. The van der Waals surface area contributed by atoms with E-state index >= 15 is 0 Å². The molecule has 1 aromatic rings. The number of carbonyl (C=O) groups excluding carboxylic acids is 1.